The second-order valence-electron chi connectivity index (χ2n) is 8.29. The molecule has 1 aliphatic carbocycles. The number of nitrogens with one attached hydrogen (secondary N) is 4. The van der Waals surface area contributed by atoms with Gasteiger partial charge in [-0.3, -0.25) is 9.69 Å². The Morgan fingerprint density at radius 2 is 2.03 bits per heavy atom. The molecule has 2 fully saturated rings. The zero-order valence-corrected chi connectivity index (χ0v) is 19.5. The Kier molecular flexibility index (Phi) is 7.68. The third kappa shape index (κ3) is 5.95. The Morgan fingerprint density at radius 1 is 1.27 bits per heavy atom. The Bertz CT molecular complexity index is 1010. The molecule has 12 heteroatoms. The van der Waals surface area contributed by atoms with Crippen LogP contribution in [0.2, 0.25) is 0 Å². The maximum absolute atomic E-state index is 10.7. The van der Waals surface area contributed by atoms with Crippen LogP contribution in [0.1, 0.15) is 31.4 Å². The van der Waals surface area contributed by atoms with Gasteiger partial charge in [0, 0.05) is 37.6 Å². The van der Waals surface area contributed by atoms with Gasteiger partial charge in [-0.25, -0.2) is 0 Å². The van der Waals surface area contributed by atoms with Gasteiger partial charge < -0.3 is 31.2 Å². The second kappa shape index (κ2) is 10.9. The van der Waals surface area contributed by atoms with Gasteiger partial charge in [-0.15, -0.1) is 0 Å². The van der Waals surface area contributed by atoms with Crippen molar-refractivity contribution < 1.29 is 14.6 Å². The number of aliphatic carboxylic acids is 1. The number of carboxylic acids is 1. The number of carbonyl (C=O) groups is 1. The van der Waals surface area contributed by atoms with E-state index in [2.05, 4.69) is 35.2 Å². The molecular formula is C21H30N8O3S. The molecule has 33 heavy (non-hydrogen) atoms. The fourth-order valence-corrected chi connectivity index (χ4v) is 5.14. The molecule has 0 radical (unpaired) electrons. The lowest BCUT2D eigenvalue weighted by Crippen LogP contribution is -2.46. The number of allylic oxidation sites excluding steroid dienone is 1. The normalized spacial score (nSPS) is 22.2. The number of carboxylic acid groups (broad SMARTS) is 1. The number of anilines is 2. The van der Waals surface area contributed by atoms with Gasteiger partial charge in [0.25, 0.3) is 0 Å². The standard InChI is InChI=1S/C21H30N8O3S/c1-13-18-19(24-14-2-4-16(5-3-14)29-6-8-32-9-7-29)26-21(27-20(18)33-28-13)25-15(10-22)11-23-12-17(30)31/h10-11,14,16,22-23H,2-9,12H2,1H3,(H,30,31)(H2,24,25,26,27)/b15-11+,22-10?/t14-,16-. The highest BCUT2D eigenvalue weighted by molar-refractivity contribution is 7.13. The highest BCUT2D eigenvalue weighted by atomic mass is 32.1. The molecule has 0 aromatic carbocycles. The van der Waals surface area contributed by atoms with Crippen molar-refractivity contribution in [2.24, 2.45) is 0 Å². The van der Waals surface area contributed by atoms with Crippen molar-refractivity contribution in [3.63, 3.8) is 0 Å². The van der Waals surface area contributed by atoms with Crippen LogP contribution in [0.4, 0.5) is 11.8 Å². The lowest BCUT2D eigenvalue weighted by molar-refractivity contribution is -0.135. The van der Waals surface area contributed by atoms with E-state index >= 15 is 0 Å². The molecule has 0 atom stereocenters. The van der Waals surface area contributed by atoms with E-state index in [1.165, 1.54) is 17.7 Å². The first kappa shape index (κ1) is 23.3. The summed E-state index contributed by atoms with van der Waals surface area (Å²) in [6, 6.07) is 0.945. The minimum Gasteiger partial charge on any atom is -0.480 e. The predicted octanol–water partition coefficient (Wildman–Crippen LogP) is 2.03. The van der Waals surface area contributed by atoms with E-state index < -0.39 is 5.97 Å². The summed E-state index contributed by atoms with van der Waals surface area (Å²) in [7, 11) is 0. The van der Waals surface area contributed by atoms with Crippen LogP contribution in [0.5, 0.6) is 0 Å². The maximum Gasteiger partial charge on any atom is 0.322 e. The molecule has 1 aliphatic heterocycles. The zero-order valence-electron chi connectivity index (χ0n) is 18.6. The molecule has 0 bridgehead atoms. The van der Waals surface area contributed by atoms with E-state index in [0.29, 0.717) is 23.7 Å². The fourth-order valence-electron chi connectivity index (χ4n) is 4.36. The molecule has 3 heterocycles. The second-order valence-corrected chi connectivity index (χ2v) is 9.04. The van der Waals surface area contributed by atoms with Crippen molar-refractivity contribution in [2.75, 3.05) is 43.5 Å². The summed E-state index contributed by atoms with van der Waals surface area (Å²) in [5, 5.41) is 26.5. The lowest BCUT2D eigenvalue weighted by Gasteiger charge is -2.39. The van der Waals surface area contributed by atoms with E-state index in [0.717, 1.165) is 79.9 Å². The number of hydrogen-bond acceptors (Lipinski definition) is 11. The largest absolute Gasteiger partial charge is 0.480 e. The van der Waals surface area contributed by atoms with E-state index in [9.17, 15) is 4.79 Å². The third-order valence-electron chi connectivity index (χ3n) is 6.03. The molecule has 1 saturated heterocycles. The molecular weight excluding hydrogens is 444 g/mol. The van der Waals surface area contributed by atoms with E-state index in [1.54, 1.807) is 0 Å². The topological polar surface area (TPSA) is 148 Å². The van der Waals surface area contributed by atoms with Crippen molar-refractivity contribution in [1.82, 2.24) is 24.6 Å². The first-order valence-corrected chi connectivity index (χ1v) is 12.0. The van der Waals surface area contributed by atoms with Crippen LogP contribution in [0.3, 0.4) is 0 Å². The number of hydrogen-bond donors (Lipinski definition) is 5. The molecule has 0 spiro atoms. The number of aromatic nitrogens is 3. The van der Waals surface area contributed by atoms with Gasteiger partial charge in [0.1, 0.15) is 12.4 Å². The molecule has 5 N–H and O–H groups in total. The van der Waals surface area contributed by atoms with Gasteiger partial charge in [-0.2, -0.15) is 14.3 Å². The predicted molar refractivity (Wildman–Crippen MR) is 128 cm³/mol. The number of aryl methyl sites for hydroxylation is 1. The molecule has 178 valence electrons. The highest BCUT2D eigenvalue weighted by Gasteiger charge is 2.27. The number of ether oxygens (including phenoxy) is 1. The van der Waals surface area contributed by atoms with Crippen LogP contribution < -0.4 is 16.0 Å². The highest BCUT2D eigenvalue weighted by Crippen LogP contribution is 2.31. The maximum atomic E-state index is 10.7. The summed E-state index contributed by atoms with van der Waals surface area (Å²) in [5.41, 5.74) is 1.24. The quantitative estimate of drug-likeness (QED) is 0.342. The van der Waals surface area contributed by atoms with Gasteiger partial charge >= 0.3 is 5.97 Å². The summed E-state index contributed by atoms with van der Waals surface area (Å²) >= 11 is 1.31. The molecule has 2 aromatic heterocycles. The van der Waals surface area contributed by atoms with Gasteiger partial charge in [-0.1, -0.05) is 0 Å². The number of morpholine rings is 1. The van der Waals surface area contributed by atoms with Crippen LogP contribution in [0.15, 0.2) is 11.9 Å². The van der Waals surface area contributed by atoms with Crippen LogP contribution >= 0.6 is 11.5 Å². The average Bonchev–Trinajstić information content (AvgIpc) is 3.20. The fraction of sp³-hybridized carbons (Fsp3) is 0.571. The third-order valence-corrected chi connectivity index (χ3v) is 6.86. The number of nitrogens with zero attached hydrogens (tertiary/aromatic N) is 4. The lowest BCUT2D eigenvalue weighted by atomic mass is 9.90. The average molecular weight is 475 g/mol. The first-order chi connectivity index (χ1) is 16.0. The Labute approximate surface area is 196 Å². The minimum absolute atomic E-state index is 0.243. The van der Waals surface area contributed by atoms with Crippen LogP contribution in [-0.2, 0) is 9.53 Å². The molecule has 11 nitrogen and oxygen atoms in total. The summed E-state index contributed by atoms with van der Waals surface area (Å²) in [6.07, 6.45) is 6.93. The smallest absolute Gasteiger partial charge is 0.322 e. The van der Waals surface area contributed by atoms with E-state index in [-0.39, 0.29) is 6.54 Å². The number of rotatable bonds is 9. The SMILES string of the molecule is Cc1nsc2nc(N/C(C=N)=C/NCC(=O)O)nc(N[C@H]3CC[C@H](N4CCOCC4)CC3)c12. The number of fused-ring (bicyclic) bond motifs is 1. The van der Waals surface area contributed by atoms with Gasteiger partial charge in [0.2, 0.25) is 5.95 Å². The van der Waals surface area contributed by atoms with Crippen LogP contribution in [0.25, 0.3) is 10.2 Å². The molecule has 4 rings (SSSR count). The van der Waals surface area contributed by atoms with Crippen LogP contribution in [0, 0.1) is 12.3 Å². The van der Waals surface area contributed by atoms with Gasteiger partial charge in [0.05, 0.1) is 30.0 Å². The molecule has 0 unspecified atom stereocenters. The Morgan fingerprint density at radius 3 is 2.73 bits per heavy atom. The van der Waals surface area contributed by atoms with Crippen molar-refractivity contribution in [3.8, 4) is 0 Å². The van der Waals surface area contributed by atoms with Crippen molar-refractivity contribution >= 4 is 45.7 Å². The molecule has 0 amide bonds. The molecule has 2 aliphatic rings. The molecule has 2 aromatic rings. The van der Waals surface area contributed by atoms with Gasteiger partial charge in [-0.05, 0) is 44.1 Å². The zero-order chi connectivity index (χ0) is 23.2. The first-order valence-electron chi connectivity index (χ1n) is 11.2. The Balaban J connectivity index is 1.46. The van der Waals surface area contributed by atoms with Crippen molar-refractivity contribution in [1.29, 1.82) is 5.41 Å². The summed E-state index contributed by atoms with van der Waals surface area (Å²) < 4.78 is 9.93. The van der Waals surface area contributed by atoms with Crippen molar-refractivity contribution in [3.05, 3.63) is 17.6 Å². The summed E-state index contributed by atoms with van der Waals surface area (Å²) in [5.74, 6) is 0.0946. The monoisotopic (exact) mass is 474 g/mol. The van der Waals surface area contributed by atoms with Crippen LogP contribution in [-0.4, -0.2) is 81.5 Å². The van der Waals surface area contributed by atoms with Gasteiger partial charge in [0.15, 0.2) is 4.83 Å². The summed E-state index contributed by atoms with van der Waals surface area (Å²) in [4.78, 5) is 23.2. The molecule has 1 saturated carbocycles. The van der Waals surface area contributed by atoms with E-state index in [4.69, 9.17) is 15.3 Å². The summed E-state index contributed by atoms with van der Waals surface area (Å²) in [6.45, 7) is 5.41. The minimum atomic E-state index is -0.983. The Hall–Kier alpha value is -2.83. The van der Waals surface area contributed by atoms with Crippen molar-refractivity contribution in [2.45, 2.75) is 44.7 Å². The van der Waals surface area contributed by atoms with E-state index in [1.807, 2.05) is 6.92 Å².